The van der Waals surface area contributed by atoms with Gasteiger partial charge in [0.1, 0.15) is 11.9 Å². The van der Waals surface area contributed by atoms with E-state index >= 15 is 0 Å². The molecule has 1 N–H and O–H groups in total. The van der Waals surface area contributed by atoms with E-state index in [1.165, 1.54) is 17.0 Å². The maximum absolute atomic E-state index is 13.3. The van der Waals surface area contributed by atoms with E-state index in [2.05, 4.69) is 5.32 Å². The van der Waals surface area contributed by atoms with Gasteiger partial charge in [-0.15, -0.1) is 0 Å². The summed E-state index contributed by atoms with van der Waals surface area (Å²) < 4.78 is 13.3. The van der Waals surface area contributed by atoms with Crippen LogP contribution in [0.5, 0.6) is 0 Å². The normalized spacial score (nSPS) is 19.5. The first-order valence-corrected chi connectivity index (χ1v) is 6.41. The zero-order chi connectivity index (χ0) is 14.0. The van der Waals surface area contributed by atoms with Crippen LogP contribution in [0.4, 0.5) is 4.39 Å². The van der Waals surface area contributed by atoms with Crippen molar-refractivity contribution in [2.45, 2.75) is 25.9 Å². The fourth-order valence-electron chi connectivity index (χ4n) is 2.04. The Labute approximate surface area is 115 Å². The van der Waals surface area contributed by atoms with Crippen molar-refractivity contribution in [2.24, 2.45) is 0 Å². The molecule has 0 bridgehead atoms. The lowest BCUT2D eigenvalue weighted by Gasteiger charge is -2.32. The first-order valence-electron chi connectivity index (χ1n) is 6.03. The number of hydrogen-bond donors (Lipinski definition) is 1. The topological polar surface area (TPSA) is 49.4 Å². The Kier molecular flexibility index (Phi) is 4.04. The number of carbonyl (C=O) groups is 2. The Hall–Kier alpha value is -1.62. The second-order valence-corrected chi connectivity index (χ2v) is 4.88. The molecule has 1 aliphatic heterocycles. The number of rotatable bonds is 3. The summed E-state index contributed by atoms with van der Waals surface area (Å²) in [5.41, 5.74) is 0.611. The molecule has 1 unspecified atom stereocenters. The van der Waals surface area contributed by atoms with Crippen molar-refractivity contribution in [2.75, 3.05) is 6.54 Å². The van der Waals surface area contributed by atoms with Gasteiger partial charge in [0.2, 0.25) is 11.8 Å². The van der Waals surface area contributed by atoms with E-state index in [1.807, 2.05) is 6.92 Å². The highest BCUT2D eigenvalue weighted by Crippen LogP contribution is 2.18. The number of nitrogens with one attached hydrogen (secondary N) is 1. The van der Waals surface area contributed by atoms with Crippen LogP contribution in [0.3, 0.4) is 0 Å². The van der Waals surface area contributed by atoms with Crippen molar-refractivity contribution in [3.05, 3.63) is 34.6 Å². The molecule has 0 saturated carbocycles. The second-order valence-electron chi connectivity index (χ2n) is 4.47. The third kappa shape index (κ3) is 3.04. The van der Waals surface area contributed by atoms with Crippen LogP contribution < -0.4 is 5.32 Å². The first kappa shape index (κ1) is 13.8. The third-order valence-electron chi connectivity index (χ3n) is 3.05. The molecule has 1 aromatic carbocycles. The lowest BCUT2D eigenvalue weighted by Crippen LogP contribution is -2.57. The third-order valence-corrected chi connectivity index (χ3v) is 3.35. The van der Waals surface area contributed by atoms with Crippen LogP contribution in [0.25, 0.3) is 0 Å². The van der Waals surface area contributed by atoms with Crippen molar-refractivity contribution in [1.82, 2.24) is 10.2 Å². The molecule has 2 rings (SSSR count). The summed E-state index contributed by atoms with van der Waals surface area (Å²) in [6, 6.07) is 3.88. The molecule has 6 heteroatoms. The molecule has 1 saturated heterocycles. The van der Waals surface area contributed by atoms with Crippen LogP contribution in [0, 0.1) is 5.82 Å². The van der Waals surface area contributed by atoms with Gasteiger partial charge >= 0.3 is 0 Å². The maximum atomic E-state index is 13.3. The van der Waals surface area contributed by atoms with Crippen molar-refractivity contribution in [3.8, 4) is 0 Å². The van der Waals surface area contributed by atoms with Crippen LogP contribution in [0.2, 0.25) is 5.02 Å². The standard InChI is InChI=1S/C13H14ClFN2O2/c1-2-11-13(19)17(7-12(18)16-11)6-8-3-4-9(14)10(15)5-8/h3-5,11H,2,6-7H2,1H3,(H,16,18). The van der Waals surface area contributed by atoms with Crippen molar-refractivity contribution in [3.63, 3.8) is 0 Å². The molecule has 0 radical (unpaired) electrons. The number of hydrogen-bond acceptors (Lipinski definition) is 2. The minimum atomic E-state index is -0.528. The summed E-state index contributed by atoms with van der Waals surface area (Å²) in [4.78, 5) is 25.0. The van der Waals surface area contributed by atoms with Crippen LogP contribution in [-0.4, -0.2) is 29.3 Å². The summed E-state index contributed by atoms with van der Waals surface area (Å²) >= 11 is 5.60. The van der Waals surface area contributed by atoms with Crippen LogP contribution in [-0.2, 0) is 16.1 Å². The smallest absolute Gasteiger partial charge is 0.245 e. The summed E-state index contributed by atoms with van der Waals surface area (Å²) in [5, 5.41) is 2.67. The molecule has 1 aromatic rings. The monoisotopic (exact) mass is 284 g/mol. The fourth-order valence-corrected chi connectivity index (χ4v) is 2.16. The molecule has 1 aliphatic rings. The molecule has 1 atom stereocenters. The highest BCUT2D eigenvalue weighted by molar-refractivity contribution is 6.30. The molecule has 0 aromatic heterocycles. The van der Waals surface area contributed by atoms with E-state index in [-0.39, 0.29) is 29.9 Å². The van der Waals surface area contributed by atoms with Gasteiger partial charge < -0.3 is 10.2 Å². The highest BCUT2D eigenvalue weighted by Gasteiger charge is 2.31. The number of nitrogens with zero attached hydrogens (tertiary/aromatic N) is 1. The second kappa shape index (κ2) is 5.57. The van der Waals surface area contributed by atoms with Crippen molar-refractivity contribution >= 4 is 23.4 Å². The highest BCUT2D eigenvalue weighted by atomic mass is 35.5. The number of carbonyl (C=O) groups excluding carboxylic acids is 2. The van der Waals surface area contributed by atoms with Gasteiger partial charge in [-0.25, -0.2) is 4.39 Å². The molecule has 1 heterocycles. The average Bonchev–Trinajstić information content (AvgIpc) is 2.37. The molecule has 102 valence electrons. The van der Waals surface area contributed by atoms with Gasteiger partial charge in [-0.1, -0.05) is 24.6 Å². The van der Waals surface area contributed by atoms with Gasteiger partial charge in [-0.2, -0.15) is 0 Å². The summed E-state index contributed by atoms with van der Waals surface area (Å²) in [6.45, 7) is 2.03. The predicted octanol–water partition coefficient (Wildman–Crippen LogP) is 1.72. The van der Waals surface area contributed by atoms with E-state index in [0.717, 1.165) is 0 Å². The summed E-state index contributed by atoms with van der Waals surface area (Å²) in [6.07, 6.45) is 0.538. The first-order chi connectivity index (χ1) is 9.01. The van der Waals surface area contributed by atoms with E-state index in [4.69, 9.17) is 11.6 Å². The van der Waals surface area contributed by atoms with Gasteiger partial charge in [0, 0.05) is 6.54 Å². The molecule has 4 nitrogen and oxygen atoms in total. The summed E-state index contributed by atoms with van der Waals surface area (Å²) in [7, 11) is 0. The van der Waals surface area contributed by atoms with E-state index in [0.29, 0.717) is 12.0 Å². The molecule has 19 heavy (non-hydrogen) atoms. The van der Waals surface area contributed by atoms with Crippen LogP contribution >= 0.6 is 11.6 Å². The van der Waals surface area contributed by atoms with Crippen LogP contribution in [0.15, 0.2) is 18.2 Å². The molecule has 0 spiro atoms. The van der Waals surface area contributed by atoms with E-state index in [1.54, 1.807) is 6.07 Å². The average molecular weight is 285 g/mol. The van der Waals surface area contributed by atoms with E-state index in [9.17, 15) is 14.0 Å². The zero-order valence-electron chi connectivity index (χ0n) is 10.5. The lowest BCUT2D eigenvalue weighted by atomic mass is 10.1. The van der Waals surface area contributed by atoms with Gasteiger partial charge in [0.15, 0.2) is 0 Å². The van der Waals surface area contributed by atoms with Crippen LogP contribution in [0.1, 0.15) is 18.9 Å². The summed E-state index contributed by atoms with van der Waals surface area (Å²) in [5.74, 6) is -0.863. The molecule has 2 amide bonds. The van der Waals surface area contributed by atoms with E-state index < -0.39 is 11.9 Å². The number of halogens is 2. The predicted molar refractivity (Wildman–Crippen MR) is 69.0 cm³/mol. The molecular weight excluding hydrogens is 271 g/mol. The minimum Gasteiger partial charge on any atom is -0.343 e. The number of amides is 2. The largest absolute Gasteiger partial charge is 0.343 e. The lowest BCUT2D eigenvalue weighted by molar-refractivity contribution is -0.144. The van der Waals surface area contributed by atoms with Crippen molar-refractivity contribution < 1.29 is 14.0 Å². The molecule has 1 fully saturated rings. The van der Waals surface area contributed by atoms with Gasteiger partial charge in [0.25, 0.3) is 0 Å². The number of piperazine rings is 1. The Morgan fingerprint density at radius 2 is 2.21 bits per heavy atom. The quantitative estimate of drug-likeness (QED) is 0.919. The molecular formula is C13H14ClFN2O2. The fraction of sp³-hybridized carbons (Fsp3) is 0.385. The SMILES string of the molecule is CCC1NC(=O)CN(Cc2ccc(Cl)c(F)c2)C1=O. The van der Waals surface area contributed by atoms with Gasteiger partial charge in [-0.05, 0) is 24.1 Å². The maximum Gasteiger partial charge on any atom is 0.245 e. The Morgan fingerprint density at radius 1 is 1.47 bits per heavy atom. The number of benzene rings is 1. The zero-order valence-corrected chi connectivity index (χ0v) is 11.2. The van der Waals surface area contributed by atoms with Crippen molar-refractivity contribution in [1.29, 1.82) is 0 Å². The molecule has 0 aliphatic carbocycles. The Bertz CT molecular complexity index is 521. The Balaban J connectivity index is 2.14. The Morgan fingerprint density at radius 3 is 2.84 bits per heavy atom. The van der Waals surface area contributed by atoms with Gasteiger partial charge in [0.05, 0.1) is 11.6 Å². The van der Waals surface area contributed by atoms with Gasteiger partial charge in [-0.3, -0.25) is 9.59 Å². The minimum absolute atomic E-state index is 0.000418.